The molecule has 3 heteroatoms. The molecule has 0 aliphatic carbocycles. The third kappa shape index (κ3) is 1.93. The van der Waals surface area contributed by atoms with Crippen molar-refractivity contribution < 1.29 is 14.6 Å². The van der Waals surface area contributed by atoms with Crippen molar-refractivity contribution in [2.75, 3.05) is 6.61 Å². The summed E-state index contributed by atoms with van der Waals surface area (Å²) < 4.78 is 5.32. The van der Waals surface area contributed by atoms with Gasteiger partial charge < -0.3 is 9.84 Å². The maximum absolute atomic E-state index is 10.6. The summed E-state index contributed by atoms with van der Waals surface area (Å²) in [4.78, 5) is 10.6. The molecule has 1 rings (SSSR count). The zero-order valence-corrected chi connectivity index (χ0v) is 6.75. The summed E-state index contributed by atoms with van der Waals surface area (Å²) in [6.45, 7) is 2.69. The van der Waals surface area contributed by atoms with Gasteiger partial charge in [0.25, 0.3) is 0 Å². The standard InChI is InChI=1S/C8H14O3/c1-2-7-6(8(9)10)4-3-5-11-7/h6-7H,2-5H2,1H3,(H,9,10)/t6-,7+/m0/s1. The Labute approximate surface area is 66.4 Å². The van der Waals surface area contributed by atoms with Crippen molar-refractivity contribution in [3.05, 3.63) is 0 Å². The first-order chi connectivity index (χ1) is 5.25. The molecule has 3 nitrogen and oxygen atoms in total. The smallest absolute Gasteiger partial charge is 0.309 e. The summed E-state index contributed by atoms with van der Waals surface area (Å²) in [5.41, 5.74) is 0. The second-order valence-corrected chi connectivity index (χ2v) is 2.90. The van der Waals surface area contributed by atoms with Gasteiger partial charge in [0, 0.05) is 6.61 Å². The van der Waals surface area contributed by atoms with Crippen molar-refractivity contribution in [3.8, 4) is 0 Å². The topological polar surface area (TPSA) is 46.5 Å². The molecule has 0 spiro atoms. The van der Waals surface area contributed by atoms with Crippen LogP contribution in [-0.4, -0.2) is 23.8 Å². The molecule has 0 amide bonds. The molecule has 64 valence electrons. The summed E-state index contributed by atoms with van der Waals surface area (Å²) in [6.07, 6.45) is 2.40. The molecule has 0 bridgehead atoms. The Morgan fingerprint density at radius 2 is 2.45 bits per heavy atom. The first-order valence-corrected chi connectivity index (χ1v) is 4.10. The van der Waals surface area contributed by atoms with E-state index >= 15 is 0 Å². The SMILES string of the molecule is CC[C@H]1OCCC[C@@H]1C(=O)O. The maximum Gasteiger partial charge on any atom is 0.309 e. The molecule has 1 heterocycles. The van der Waals surface area contributed by atoms with Crippen molar-refractivity contribution in [2.24, 2.45) is 5.92 Å². The second-order valence-electron chi connectivity index (χ2n) is 2.90. The molecule has 1 saturated heterocycles. The largest absolute Gasteiger partial charge is 0.481 e. The third-order valence-electron chi connectivity index (χ3n) is 2.16. The molecule has 1 fully saturated rings. The molecule has 1 N–H and O–H groups in total. The van der Waals surface area contributed by atoms with E-state index in [9.17, 15) is 4.79 Å². The quantitative estimate of drug-likeness (QED) is 0.658. The van der Waals surface area contributed by atoms with Crippen LogP contribution >= 0.6 is 0 Å². The molecule has 2 atom stereocenters. The number of ether oxygens (including phenoxy) is 1. The normalized spacial score (nSPS) is 31.7. The molecule has 11 heavy (non-hydrogen) atoms. The lowest BCUT2D eigenvalue weighted by Crippen LogP contribution is -2.34. The van der Waals surface area contributed by atoms with Crippen molar-refractivity contribution >= 4 is 5.97 Å². The van der Waals surface area contributed by atoms with Crippen molar-refractivity contribution in [2.45, 2.75) is 32.3 Å². The van der Waals surface area contributed by atoms with Gasteiger partial charge in [-0.2, -0.15) is 0 Å². The zero-order chi connectivity index (χ0) is 8.27. The van der Waals surface area contributed by atoms with Gasteiger partial charge in [-0.25, -0.2) is 0 Å². The number of hydrogen-bond donors (Lipinski definition) is 1. The summed E-state index contributed by atoms with van der Waals surface area (Å²) in [5.74, 6) is -0.981. The minimum absolute atomic E-state index is 0.0544. The number of carboxylic acids is 1. The fraction of sp³-hybridized carbons (Fsp3) is 0.875. The van der Waals surface area contributed by atoms with E-state index in [2.05, 4.69) is 0 Å². The van der Waals surface area contributed by atoms with E-state index in [4.69, 9.17) is 9.84 Å². The van der Waals surface area contributed by atoms with Gasteiger partial charge in [0.1, 0.15) is 0 Å². The Morgan fingerprint density at radius 3 is 2.91 bits per heavy atom. The predicted octanol–water partition coefficient (Wildman–Crippen LogP) is 1.28. The molecule has 0 aromatic rings. The number of aliphatic carboxylic acids is 1. The number of carbonyl (C=O) groups is 1. The summed E-state index contributed by atoms with van der Waals surface area (Å²) >= 11 is 0. The molecule has 0 saturated carbocycles. The summed E-state index contributed by atoms with van der Waals surface area (Å²) in [6, 6.07) is 0. The molecular weight excluding hydrogens is 144 g/mol. The molecule has 0 unspecified atom stereocenters. The summed E-state index contributed by atoms with van der Waals surface area (Å²) in [5, 5.41) is 8.76. The van der Waals surface area contributed by atoms with Crippen LogP contribution < -0.4 is 0 Å². The highest BCUT2D eigenvalue weighted by molar-refractivity contribution is 5.70. The van der Waals surface area contributed by atoms with E-state index in [1.165, 1.54) is 0 Å². The van der Waals surface area contributed by atoms with Crippen LogP contribution in [0.5, 0.6) is 0 Å². The first-order valence-electron chi connectivity index (χ1n) is 4.10. The van der Waals surface area contributed by atoms with Crippen LogP contribution in [0, 0.1) is 5.92 Å². The van der Waals surface area contributed by atoms with Gasteiger partial charge >= 0.3 is 5.97 Å². The first kappa shape index (κ1) is 8.53. The lowest BCUT2D eigenvalue weighted by atomic mass is 9.93. The number of hydrogen-bond acceptors (Lipinski definition) is 2. The van der Waals surface area contributed by atoms with Crippen LogP contribution in [0.15, 0.2) is 0 Å². The maximum atomic E-state index is 10.6. The van der Waals surface area contributed by atoms with E-state index < -0.39 is 5.97 Å². The number of rotatable bonds is 2. The van der Waals surface area contributed by atoms with E-state index in [1.54, 1.807) is 0 Å². The Kier molecular flexibility index (Phi) is 2.88. The highest BCUT2D eigenvalue weighted by atomic mass is 16.5. The Bertz CT molecular complexity index is 144. The molecule has 0 radical (unpaired) electrons. The zero-order valence-electron chi connectivity index (χ0n) is 6.75. The van der Waals surface area contributed by atoms with Crippen LogP contribution in [0.2, 0.25) is 0 Å². The van der Waals surface area contributed by atoms with Gasteiger partial charge in [0.2, 0.25) is 0 Å². The number of carboxylic acid groups (broad SMARTS) is 1. The average Bonchev–Trinajstić information content (AvgIpc) is 2.04. The van der Waals surface area contributed by atoms with E-state index in [0.717, 1.165) is 25.9 Å². The van der Waals surface area contributed by atoms with Gasteiger partial charge in [-0.15, -0.1) is 0 Å². The van der Waals surface area contributed by atoms with Crippen LogP contribution in [0.4, 0.5) is 0 Å². The van der Waals surface area contributed by atoms with E-state index in [0.29, 0.717) is 0 Å². The van der Waals surface area contributed by atoms with Gasteiger partial charge in [-0.1, -0.05) is 6.92 Å². The Hall–Kier alpha value is -0.570. The van der Waals surface area contributed by atoms with Gasteiger partial charge in [0.15, 0.2) is 0 Å². The van der Waals surface area contributed by atoms with Gasteiger partial charge in [0.05, 0.1) is 12.0 Å². The minimum Gasteiger partial charge on any atom is -0.481 e. The Balaban J connectivity index is 2.51. The molecule has 0 aromatic heterocycles. The average molecular weight is 158 g/mol. The highest BCUT2D eigenvalue weighted by Gasteiger charge is 2.29. The lowest BCUT2D eigenvalue weighted by Gasteiger charge is -2.27. The van der Waals surface area contributed by atoms with E-state index in [-0.39, 0.29) is 12.0 Å². The molecule has 1 aliphatic rings. The predicted molar refractivity (Wildman–Crippen MR) is 40.4 cm³/mol. The minimum atomic E-state index is -0.712. The van der Waals surface area contributed by atoms with Crippen molar-refractivity contribution in [1.29, 1.82) is 0 Å². The second kappa shape index (κ2) is 3.72. The molecule has 1 aliphatic heterocycles. The monoisotopic (exact) mass is 158 g/mol. The third-order valence-corrected chi connectivity index (χ3v) is 2.16. The van der Waals surface area contributed by atoms with Gasteiger partial charge in [-0.05, 0) is 19.3 Å². The molecule has 0 aromatic carbocycles. The van der Waals surface area contributed by atoms with Gasteiger partial charge in [-0.3, -0.25) is 4.79 Å². The molecular formula is C8H14O3. The van der Waals surface area contributed by atoms with E-state index in [1.807, 2.05) is 6.92 Å². The fourth-order valence-corrected chi connectivity index (χ4v) is 1.52. The van der Waals surface area contributed by atoms with Crippen molar-refractivity contribution in [1.82, 2.24) is 0 Å². The van der Waals surface area contributed by atoms with Crippen LogP contribution in [0.3, 0.4) is 0 Å². The van der Waals surface area contributed by atoms with Crippen LogP contribution in [0.1, 0.15) is 26.2 Å². The Morgan fingerprint density at radius 1 is 1.73 bits per heavy atom. The lowest BCUT2D eigenvalue weighted by molar-refractivity contribution is -0.151. The summed E-state index contributed by atoms with van der Waals surface area (Å²) in [7, 11) is 0. The van der Waals surface area contributed by atoms with Crippen molar-refractivity contribution in [3.63, 3.8) is 0 Å². The van der Waals surface area contributed by atoms with Crippen LogP contribution in [-0.2, 0) is 9.53 Å². The highest BCUT2D eigenvalue weighted by Crippen LogP contribution is 2.22. The van der Waals surface area contributed by atoms with Crippen LogP contribution in [0.25, 0.3) is 0 Å². The fourth-order valence-electron chi connectivity index (χ4n) is 1.52.